The molecule has 1 unspecified atom stereocenters. The molecule has 20 heavy (non-hydrogen) atoms. The van der Waals surface area contributed by atoms with E-state index >= 15 is 0 Å². The van der Waals surface area contributed by atoms with Crippen molar-refractivity contribution in [1.82, 2.24) is 10.2 Å². The fraction of sp³-hybridized carbons (Fsp3) is 0.429. The van der Waals surface area contributed by atoms with Crippen molar-refractivity contribution in [2.75, 3.05) is 0 Å². The summed E-state index contributed by atoms with van der Waals surface area (Å²) in [5.74, 6) is 0.943. The molecule has 0 saturated carbocycles. The minimum atomic E-state index is -0.254. The van der Waals surface area contributed by atoms with Crippen molar-refractivity contribution in [2.24, 2.45) is 11.7 Å². The van der Waals surface area contributed by atoms with Crippen LogP contribution in [-0.2, 0) is 5.75 Å². The molecule has 0 fully saturated rings. The minimum Gasteiger partial charge on any atom is -0.414 e. The summed E-state index contributed by atoms with van der Waals surface area (Å²) in [6, 6.07) is 6.39. The van der Waals surface area contributed by atoms with Crippen LogP contribution in [0.25, 0.3) is 0 Å². The van der Waals surface area contributed by atoms with Gasteiger partial charge in [0, 0.05) is 5.75 Å². The van der Waals surface area contributed by atoms with Crippen molar-refractivity contribution in [3.63, 3.8) is 0 Å². The van der Waals surface area contributed by atoms with Gasteiger partial charge in [-0.15, -0.1) is 10.2 Å². The molecule has 0 spiro atoms. The van der Waals surface area contributed by atoms with Gasteiger partial charge in [-0.2, -0.15) is 0 Å². The van der Waals surface area contributed by atoms with Crippen LogP contribution >= 0.6 is 11.8 Å². The molecule has 2 N–H and O–H groups in total. The zero-order chi connectivity index (χ0) is 14.5. The van der Waals surface area contributed by atoms with Gasteiger partial charge in [-0.25, -0.2) is 4.39 Å². The van der Waals surface area contributed by atoms with Crippen LogP contribution in [0.1, 0.15) is 37.8 Å². The summed E-state index contributed by atoms with van der Waals surface area (Å²) in [5.41, 5.74) is 6.64. The largest absolute Gasteiger partial charge is 0.414 e. The van der Waals surface area contributed by atoms with Gasteiger partial charge in [-0.3, -0.25) is 0 Å². The fourth-order valence-electron chi connectivity index (χ4n) is 1.67. The molecule has 1 heterocycles. The van der Waals surface area contributed by atoms with Crippen molar-refractivity contribution < 1.29 is 8.81 Å². The van der Waals surface area contributed by atoms with Gasteiger partial charge in [-0.1, -0.05) is 50.2 Å². The van der Waals surface area contributed by atoms with E-state index in [2.05, 4.69) is 17.1 Å². The molecule has 0 aliphatic rings. The Labute approximate surface area is 122 Å². The number of benzene rings is 1. The van der Waals surface area contributed by atoms with Gasteiger partial charge in [0.15, 0.2) is 0 Å². The Bertz CT molecular complexity index is 561. The number of hydrogen-bond donors (Lipinski definition) is 1. The molecular weight excluding hydrogens is 277 g/mol. The highest BCUT2D eigenvalue weighted by Crippen LogP contribution is 2.26. The van der Waals surface area contributed by atoms with Gasteiger partial charge in [0.25, 0.3) is 5.22 Å². The molecule has 108 valence electrons. The Morgan fingerprint density at radius 3 is 2.80 bits per heavy atom. The average Bonchev–Trinajstić information content (AvgIpc) is 2.93. The molecule has 0 aliphatic carbocycles. The Morgan fingerprint density at radius 2 is 2.10 bits per heavy atom. The lowest BCUT2D eigenvalue weighted by Crippen LogP contribution is -2.18. The summed E-state index contributed by atoms with van der Waals surface area (Å²) in [6.45, 7) is 4.11. The highest BCUT2D eigenvalue weighted by molar-refractivity contribution is 7.98. The summed E-state index contributed by atoms with van der Waals surface area (Å²) < 4.78 is 19.0. The summed E-state index contributed by atoms with van der Waals surface area (Å²) in [4.78, 5) is 0. The van der Waals surface area contributed by atoms with Crippen LogP contribution in [0.5, 0.6) is 0 Å². The van der Waals surface area contributed by atoms with Crippen molar-refractivity contribution >= 4 is 11.8 Å². The molecule has 2 rings (SSSR count). The first-order valence-corrected chi connectivity index (χ1v) is 7.55. The van der Waals surface area contributed by atoms with E-state index in [0.717, 1.165) is 6.42 Å². The molecule has 0 bridgehead atoms. The van der Waals surface area contributed by atoms with Crippen LogP contribution in [0.15, 0.2) is 33.9 Å². The molecule has 1 aromatic carbocycles. The van der Waals surface area contributed by atoms with E-state index in [1.54, 1.807) is 18.2 Å². The van der Waals surface area contributed by atoms with Crippen LogP contribution in [-0.4, -0.2) is 10.2 Å². The molecule has 0 saturated heterocycles. The number of halogens is 1. The van der Waals surface area contributed by atoms with Gasteiger partial charge in [0.1, 0.15) is 5.82 Å². The predicted molar refractivity (Wildman–Crippen MR) is 76.6 cm³/mol. The monoisotopic (exact) mass is 295 g/mol. The smallest absolute Gasteiger partial charge is 0.276 e. The van der Waals surface area contributed by atoms with Crippen LogP contribution < -0.4 is 5.73 Å². The number of nitrogens with two attached hydrogens (primary N) is 1. The maximum atomic E-state index is 13.5. The first-order valence-electron chi connectivity index (χ1n) is 6.57. The molecule has 6 heteroatoms. The topological polar surface area (TPSA) is 64.9 Å². The number of rotatable bonds is 6. The zero-order valence-electron chi connectivity index (χ0n) is 11.5. The molecule has 0 aliphatic heterocycles. The van der Waals surface area contributed by atoms with Crippen molar-refractivity contribution in [3.8, 4) is 0 Å². The number of aromatic nitrogens is 2. The SMILES string of the molecule is CCC(C)[C@H](N)c1nnc(SCc2ccccc2F)o1. The first kappa shape index (κ1) is 15.0. The Kier molecular flexibility index (Phi) is 5.14. The van der Waals surface area contributed by atoms with Crippen LogP contribution in [0.2, 0.25) is 0 Å². The molecule has 2 aromatic rings. The quantitative estimate of drug-likeness (QED) is 0.826. The standard InChI is InChI=1S/C14H18FN3OS/c1-3-9(2)12(16)13-17-18-14(19-13)20-8-10-6-4-5-7-11(10)15/h4-7,9,12H,3,8,16H2,1-2H3/t9?,12-/m0/s1. The molecule has 1 aromatic heterocycles. The van der Waals surface area contributed by atoms with E-state index in [1.807, 2.05) is 6.92 Å². The first-order chi connectivity index (χ1) is 9.61. The second kappa shape index (κ2) is 6.85. The van der Waals surface area contributed by atoms with E-state index in [1.165, 1.54) is 17.8 Å². The third kappa shape index (κ3) is 3.58. The summed E-state index contributed by atoms with van der Waals surface area (Å²) in [5, 5.41) is 8.32. The van der Waals surface area contributed by atoms with Gasteiger partial charge >= 0.3 is 0 Å². The molecule has 2 atom stereocenters. The van der Waals surface area contributed by atoms with Crippen LogP contribution in [0, 0.1) is 11.7 Å². The van der Waals surface area contributed by atoms with Crippen molar-refractivity contribution in [1.29, 1.82) is 0 Å². The third-order valence-corrected chi connectivity index (χ3v) is 4.14. The van der Waals surface area contributed by atoms with E-state index in [-0.39, 0.29) is 17.8 Å². The Balaban J connectivity index is 1.98. The van der Waals surface area contributed by atoms with E-state index in [9.17, 15) is 4.39 Å². The van der Waals surface area contributed by atoms with Crippen LogP contribution in [0.3, 0.4) is 0 Å². The van der Waals surface area contributed by atoms with Gasteiger partial charge < -0.3 is 10.2 Å². The molecule has 0 radical (unpaired) electrons. The highest BCUT2D eigenvalue weighted by atomic mass is 32.2. The molecule has 0 amide bonds. The second-order valence-electron chi connectivity index (χ2n) is 4.70. The second-order valence-corrected chi connectivity index (χ2v) is 5.62. The number of hydrogen-bond acceptors (Lipinski definition) is 5. The van der Waals surface area contributed by atoms with E-state index in [4.69, 9.17) is 10.2 Å². The summed E-state index contributed by atoms with van der Waals surface area (Å²) in [6.07, 6.45) is 0.946. The van der Waals surface area contributed by atoms with E-state index in [0.29, 0.717) is 22.4 Å². The average molecular weight is 295 g/mol. The summed E-state index contributed by atoms with van der Waals surface area (Å²) >= 11 is 1.31. The van der Waals surface area contributed by atoms with E-state index < -0.39 is 0 Å². The van der Waals surface area contributed by atoms with Crippen molar-refractivity contribution in [2.45, 2.75) is 37.3 Å². The lowest BCUT2D eigenvalue weighted by Gasteiger charge is -2.13. The fourth-order valence-corrected chi connectivity index (χ4v) is 2.42. The zero-order valence-corrected chi connectivity index (χ0v) is 12.4. The maximum Gasteiger partial charge on any atom is 0.276 e. The maximum absolute atomic E-state index is 13.5. The predicted octanol–water partition coefficient (Wildman–Crippen LogP) is 3.55. The normalized spacial score (nSPS) is 14.2. The minimum absolute atomic E-state index is 0.226. The van der Waals surface area contributed by atoms with Crippen molar-refractivity contribution in [3.05, 3.63) is 41.5 Å². The summed E-state index contributed by atoms with van der Waals surface area (Å²) in [7, 11) is 0. The lowest BCUT2D eigenvalue weighted by atomic mass is 10.0. The Hall–Kier alpha value is -1.40. The third-order valence-electron chi connectivity index (χ3n) is 3.27. The highest BCUT2D eigenvalue weighted by Gasteiger charge is 2.20. The van der Waals surface area contributed by atoms with Gasteiger partial charge in [0.2, 0.25) is 5.89 Å². The Morgan fingerprint density at radius 1 is 1.35 bits per heavy atom. The molecule has 4 nitrogen and oxygen atoms in total. The number of nitrogens with zero attached hydrogens (tertiary/aromatic N) is 2. The molecular formula is C14H18FN3OS. The van der Waals surface area contributed by atoms with Crippen LogP contribution in [0.4, 0.5) is 4.39 Å². The number of thioether (sulfide) groups is 1. The van der Waals surface area contributed by atoms with Gasteiger partial charge in [0.05, 0.1) is 6.04 Å². The lowest BCUT2D eigenvalue weighted by molar-refractivity contribution is 0.333. The van der Waals surface area contributed by atoms with Gasteiger partial charge in [-0.05, 0) is 17.5 Å².